The average Bonchev–Trinajstić information content (AvgIpc) is 2.78. The van der Waals surface area contributed by atoms with E-state index in [1.165, 1.54) is 32.8 Å². The lowest BCUT2D eigenvalue weighted by molar-refractivity contribution is -0.133. The van der Waals surface area contributed by atoms with E-state index >= 15 is 0 Å². The zero-order valence-corrected chi connectivity index (χ0v) is 7.38. The van der Waals surface area contributed by atoms with Crippen molar-refractivity contribution in [1.82, 2.24) is 5.48 Å². The van der Waals surface area contributed by atoms with Crippen LogP contribution in [0, 0.1) is 17.8 Å². The van der Waals surface area contributed by atoms with Crippen molar-refractivity contribution in [2.45, 2.75) is 25.7 Å². The van der Waals surface area contributed by atoms with Gasteiger partial charge in [-0.3, -0.25) is 9.63 Å². The van der Waals surface area contributed by atoms with Gasteiger partial charge >= 0.3 is 0 Å². The smallest absolute Gasteiger partial charge is 0.247 e. The Kier molecular flexibility index (Phi) is 2.05. The second-order valence-electron chi connectivity index (χ2n) is 3.81. The number of amides is 1. The van der Waals surface area contributed by atoms with Gasteiger partial charge in [0.05, 0.1) is 7.11 Å². The van der Waals surface area contributed by atoms with Crippen LogP contribution in [0.1, 0.15) is 25.7 Å². The lowest BCUT2D eigenvalue weighted by Gasteiger charge is -2.04. The molecule has 12 heavy (non-hydrogen) atoms. The first-order valence-corrected chi connectivity index (χ1v) is 4.67. The van der Waals surface area contributed by atoms with Gasteiger partial charge in [0.25, 0.3) is 0 Å². The standard InChI is InChI=1S/C9H15NO2/c1-12-10-9(11)8-6-4-2-3-5-7(6)8/h6-8H,2-5H2,1H3,(H,10,11). The molecule has 2 atom stereocenters. The van der Waals surface area contributed by atoms with E-state index in [1.807, 2.05) is 0 Å². The number of hydrogen-bond acceptors (Lipinski definition) is 2. The van der Waals surface area contributed by atoms with Gasteiger partial charge in [-0.1, -0.05) is 12.8 Å². The summed E-state index contributed by atoms with van der Waals surface area (Å²) in [6, 6.07) is 0. The zero-order valence-electron chi connectivity index (χ0n) is 7.38. The number of fused-ring (bicyclic) bond motifs is 1. The van der Waals surface area contributed by atoms with Gasteiger partial charge < -0.3 is 0 Å². The number of hydrogen-bond donors (Lipinski definition) is 1. The molecule has 0 aromatic heterocycles. The highest BCUT2D eigenvalue weighted by Crippen LogP contribution is 2.55. The number of carbonyl (C=O) groups is 1. The lowest BCUT2D eigenvalue weighted by Crippen LogP contribution is -2.24. The Bertz CT molecular complexity index is 181. The van der Waals surface area contributed by atoms with Crippen molar-refractivity contribution in [3.63, 3.8) is 0 Å². The number of rotatable bonds is 2. The Morgan fingerprint density at radius 3 is 2.42 bits per heavy atom. The highest BCUT2D eigenvalue weighted by molar-refractivity contribution is 5.81. The van der Waals surface area contributed by atoms with E-state index in [-0.39, 0.29) is 11.8 Å². The van der Waals surface area contributed by atoms with Crippen LogP contribution in [0.5, 0.6) is 0 Å². The summed E-state index contributed by atoms with van der Waals surface area (Å²) in [5.41, 5.74) is 2.42. The molecule has 2 unspecified atom stereocenters. The third kappa shape index (κ3) is 1.22. The predicted octanol–water partition coefficient (Wildman–Crippen LogP) is 1.10. The van der Waals surface area contributed by atoms with E-state index in [4.69, 9.17) is 0 Å². The van der Waals surface area contributed by atoms with Crippen LogP contribution in [0.4, 0.5) is 0 Å². The van der Waals surface area contributed by atoms with Crippen LogP contribution in [0.15, 0.2) is 0 Å². The van der Waals surface area contributed by atoms with Crippen molar-refractivity contribution in [2.75, 3.05) is 7.11 Å². The largest absolute Gasteiger partial charge is 0.277 e. The first-order chi connectivity index (χ1) is 5.84. The minimum atomic E-state index is 0.0920. The van der Waals surface area contributed by atoms with Crippen molar-refractivity contribution in [2.24, 2.45) is 17.8 Å². The Morgan fingerprint density at radius 1 is 1.33 bits per heavy atom. The van der Waals surface area contributed by atoms with Gasteiger partial charge in [-0.2, -0.15) is 0 Å². The third-order valence-electron chi connectivity index (χ3n) is 3.16. The summed E-state index contributed by atoms with van der Waals surface area (Å²) >= 11 is 0. The van der Waals surface area contributed by atoms with Gasteiger partial charge in [-0.15, -0.1) is 0 Å². The second kappa shape index (κ2) is 3.05. The molecule has 0 heterocycles. The Hall–Kier alpha value is -0.570. The normalized spacial score (nSPS) is 38.6. The number of carbonyl (C=O) groups excluding carboxylic acids is 1. The van der Waals surface area contributed by atoms with Crippen LogP contribution in [0.3, 0.4) is 0 Å². The van der Waals surface area contributed by atoms with Gasteiger partial charge in [0.15, 0.2) is 0 Å². The maximum absolute atomic E-state index is 11.3. The van der Waals surface area contributed by atoms with Crippen LogP contribution in [-0.4, -0.2) is 13.0 Å². The summed E-state index contributed by atoms with van der Waals surface area (Å²) in [7, 11) is 1.49. The maximum Gasteiger partial charge on any atom is 0.247 e. The molecule has 1 amide bonds. The molecule has 2 rings (SSSR count). The molecule has 3 nitrogen and oxygen atoms in total. The van der Waals surface area contributed by atoms with E-state index in [2.05, 4.69) is 10.3 Å². The third-order valence-corrected chi connectivity index (χ3v) is 3.16. The maximum atomic E-state index is 11.3. The lowest BCUT2D eigenvalue weighted by atomic mass is 10.0. The van der Waals surface area contributed by atoms with Crippen LogP contribution in [-0.2, 0) is 9.63 Å². The minimum Gasteiger partial charge on any atom is -0.277 e. The van der Waals surface area contributed by atoms with Crippen LogP contribution in [0.25, 0.3) is 0 Å². The molecule has 1 N–H and O–H groups in total. The molecule has 0 radical (unpaired) electrons. The molecule has 0 saturated heterocycles. The van der Waals surface area contributed by atoms with Gasteiger partial charge in [-0.25, -0.2) is 5.48 Å². The highest BCUT2D eigenvalue weighted by Gasteiger charge is 2.54. The average molecular weight is 169 g/mol. The monoisotopic (exact) mass is 169 g/mol. The molecular formula is C9H15NO2. The summed E-state index contributed by atoms with van der Waals surface area (Å²) in [4.78, 5) is 15.9. The SMILES string of the molecule is CONC(=O)C1C2CCCCC21. The molecule has 2 saturated carbocycles. The molecule has 0 spiro atoms. The second-order valence-corrected chi connectivity index (χ2v) is 3.81. The molecule has 2 fully saturated rings. The molecule has 0 aromatic rings. The van der Waals surface area contributed by atoms with Crippen LogP contribution in [0.2, 0.25) is 0 Å². The van der Waals surface area contributed by atoms with E-state index in [0.29, 0.717) is 11.8 Å². The fourth-order valence-corrected chi connectivity index (χ4v) is 2.55. The fourth-order valence-electron chi connectivity index (χ4n) is 2.55. The molecule has 2 aliphatic rings. The minimum absolute atomic E-state index is 0.0920. The summed E-state index contributed by atoms with van der Waals surface area (Å²) in [5.74, 6) is 1.71. The quantitative estimate of drug-likeness (QED) is 0.629. The van der Waals surface area contributed by atoms with E-state index in [0.717, 1.165) is 0 Å². The predicted molar refractivity (Wildman–Crippen MR) is 44.1 cm³/mol. The van der Waals surface area contributed by atoms with Crippen molar-refractivity contribution >= 4 is 5.91 Å². The molecule has 68 valence electrons. The van der Waals surface area contributed by atoms with E-state index in [1.54, 1.807) is 0 Å². The van der Waals surface area contributed by atoms with E-state index in [9.17, 15) is 4.79 Å². The van der Waals surface area contributed by atoms with E-state index < -0.39 is 0 Å². The summed E-state index contributed by atoms with van der Waals surface area (Å²) in [6.07, 6.45) is 5.09. The van der Waals surface area contributed by atoms with Crippen molar-refractivity contribution in [3.05, 3.63) is 0 Å². The van der Waals surface area contributed by atoms with Gasteiger partial charge in [0.2, 0.25) is 5.91 Å². The topological polar surface area (TPSA) is 38.3 Å². The summed E-state index contributed by atoms with van der Waals surface area (Å²) in [5, 5.41) is 0. The number of nitrogens with one attached hydrogen (secondary N) is 1. The molecule has 3 heteroatoms. The summed E-state index contributed by atoms with van der Waals surface area (Å²) < 4.78 is 0. The number of hydroxylamine groups is 1. The summed E-state index contributed by atoms with van der Waals surface area (Å²) in [6.45, 7) is 0. The zero-order chi connectivity index (χ0) is 8.55. The first kappa shape index (κ1) is 8.05. The molecular weight excluding hydrogens is 154 g/mol. The van der Waals surface area contributed by atoms with Crippen molar-refractivity contribution in [1.29, 1.82) is 0 Å². The Labute approximate surface area is 72.4 Å². The van der Waals surface area contributed by atoms with Crippen molar-refractivity contribution in [3.8, 4) is 0 Å². The first-order valence-electron chi connectivity index (χ1n) is 4.67. The Balaban J connectivity index is 1.87. The van der Waals surface area contributed by atoms with Gasteiger partial charge in [0.1, 0.15) is 0 Å². The Morgan fingerprint density at radius 2 is 1.92 bits per heavy atom. The van der Waals surface area contributed by atoms with Gasteiger partial charge in [-0.05, 0) is 24.7 Å². The van der Waals surface area contributed by atoms with Crippen molar-refractivity contribution < 1.29 is 9.63 Å². The molecule has 0 bridgehead atoms. The fraction of sp³-hybridized carbons (Fsp3) is 0.889. The van der Waals surface area contributed by atoms with Crippen LogP contribution >= 0.6 is 0 Å². The van der Waals surface area contributed by atoms with Crippen LogP contribution < -0.4 is 5.48 Å². The van der Waals surface area contributed by atoms with Gasteiger partial charge in [0, 0.05) is 5.92 Å². The molecule has 0 aromatic carbocycles. The highest BCUT2D eigenvalue weighted by atomic mass is 16.6. The molecule has 0 aliphatic heterocycles. The molecule has 2 aliphatic carbocycles.